The van der Waals surface area contributed by atoms with Gasteiger partial charge in [0.2, 0.25) is 5.91 Å². The van der Waals surface area contributed by atoms with Crippen molar-refractivity contribution in [2.45, 2.75) is 71.3 Å². The largest absolute Gasteiger partial charge is 0.388 e. The van der Waals surface area contributed by atoms with E-state index in [1.54, 1.807) is 0 Å². The molecule has 1 unspecified atom stereocenters. The molecule has 1 saturated carbocycles. The lowest BCUT2D eigenvalue weighted by molar-refractivity contribution is -0.128. The molecule has 0 bridgehead atoms. The summed E-state index contributed by atoms with van der Waals surface area (Å²) in [4.78, 5) is 12.1. The van der Waals surface area contributed by atoms with Crippen LogP contribution in [0.15, 0.2) is 0 Å². The predicted molar refractivity (Wildman–Crippen MR) is 74.3 cm³/mol. The fraction of sp³-hybridized carbons (Fsp3) is 0.933. The number of amides is 1. The van der Waals surface area contributed by atoms with Crippen molar-refractivity contribution < 1.29 is 9.90 Å². The lowest BCUT2D eigenvalue weighted by atomic mass is 9.84. The van der Waals surface area contributed by atoms with Crippen LogP contribution in [0.3, 0.4) is 0 Å². The summed E-state index contributed by atoms with van der Waals surface area (Å²) in [6.45, 7) is 6.72. The highest BCUT2D eigenvalue weighted by Crippen LogP contribution is 2.27. The number of nitrogens with one attached hydrogen (secondary N) is 1. The van der Waals surface area contributed by atoms with Gasteiger partial charge >= 0.3 is 0 Å². The van der Waals surface area contributed by atoms with Crippen LogP contribution in [-0.4, -0.2) is 23.2 Å². The van der Waals surface area contributed by atoms with Gasteiger partial charge in [-0.25, -0.2) is 0 Å². The third-order valence-electron chi connectivity index (χ3n) is 4.12. The zero-order valence-corrected chi connectivity index (χ0v) is 12.2. The van der Waals surface area contributed by atoms with Crippen LogP contribution < -0.4 is 5.32 Å². The summed E-state index contributed by atoms with van der Waals surface area (Å²) in [6.07, 6.45) is 6.98. The lowest BCUT2D eigenvalue weighted by Crippen LogP contribution is -2.46. The minimum atomic E-state index is -0.651. The third kappa shape index (κ3) is 4.60. The van der Waals surface area contributed by atoms with Gasteiger partial charge < -0.3 is 10.4 Å². The molecule has 1 fully saturated rings. The predicted octanol–water partition coefficient (Wildman–Crippen LogP) is 2.87. The molecule has 0 heterocycles. The normalized spacial score (nSPS) is 20.7. The van der Waals surface area contributed by atoms with E-state index in [0.717, 1.165) is 38.5 Å². The zero-order valence-electron chi connectivity index (χ0n) is 12.2. The molecule has 0 saturated heterocycles. The molecule has 0 radical (unpaired) electrons. The topological polar surface area (TPSA) is 49.3 Å². The van der Waals surface area contributed by atoms with Gasteiger partial charge in [0.05, 0.1) is 5.60 Å². The zero-order chi connectivity index (χ0) is 13.6. The Morgan fingerprint density at radius 1 is 1.28 bits per heavy atom. The summed E-state index contributed by atoms with van der Waals surface area (Å²) in [5, 5.41) is 13.3. The Kier molecular flexibility index (Phi) is 6.13. The minimum absolute atomic E-state index is 0.0854. The van der Waals surface area contributed by atoms with Crippen LogP contribution in [0.2, 0.25) is 0 Å². The van der Waals surface area contributed by atoms with Crippen molar-refractivity contribution in [3.05, 3.63) is 0 Å². The van der Waals surface area contributed by atoms with Gasteiger partial charge in [-0.1, -0.05) is 46.5 Å². The van der Waals surface area contributed by atoms with Gasteiger partial charge in [-0.05, 0) is 25.2 Å². The molecule has 0 aromatic carbocycles. The highest BCUT2D eigenvalue weighted by molar-refractivity contribution is 5.78. The molecule has 0 spiro atoms. The van der Waals surface area contributed by atoms with Gasteiger partial charge in [0.15, 0.2) is 0 Å². The Balaban J connectivity index is 2.43. The molecule has 1 amide bonds. The van der Waals surface area contributed by atoms with Crippen LogP contribution in [0.1, 0.15) is 65.7 Å². The first kappa shape index (κ1) is 15.5. The maximum atomic E-state index is 12.1. The van der Waals surface area contributed by atoms with Gasteiger partial charge in [-0.3, -0.25) is 4.79 Å². The molecule has 18 heavy (non-hydrogen) atoms. The molecule has 0 aromatic rings. The highest BCUT2D eigenvalue weighted by Gasteiger charge is 2.30. The third-order valence-corrected chi connectivity index (χ3v) is 4.12. The first-order valence-electron chi connectivity index (χ1n) is 7.48. The summed E-state index contributed by atoms with van der Waals surface area (Å²) in [7, 11) is 0. The Morgan fingerprint density at radius 2 is 1.89 bits per heavy atom. The Labute approximate surface area is 111 Å². The molecule has 2 N–H and O–H groups in total. The van der Waals surface area contributed by atoms with E-state index in [4.69, 9.17) is 0 Å². The Hall–Kier alpha value is -0.570. The summed E-state index contributed by atoms with van der Waals surface area (Å²) in [6, 6.07) is 0. The molecule has 3 nitrogen and oxygen atoms in total. The van der Waals surface area contributed by atoms with Crippen molar-refractivity contribution in [3.8, 4) is 0 Å². The molecule has 0 aromatic heterocycles. The molecule has 0 aliphatic heterocycles. The summed E-state index contributed by atoms with van der Waals surface area (Å²) in [5.41, 5.74) is -0.651. The Bertz CT molecular complexity index is 257. The summed E-state index contributed by atoms with van der Waals surface area (Å²) < 4.78 is 0. The average molecular weight is 255 g/mol. The molecule has 3 heteroatoms. The van der Waals surface area contributed by atoms with E-state index in [0.29, 0.717) is 12.5 Å². The van der Waals surface area contributed by atoms with Crippen LogP contribution in [0.25, 0.3) is 0 Å². The first-order valence-corrected chi connectivity index (χ1v) is 7.48. The van der Waals surface area contributed by atoms with Crippen molar-refractivity contribution in [2.24, 2.45) is 11.8 Å². The van der Waals surface area contributed by atoms with Gasteiger partial charge in [0.1, 0.15) is 0 Å². The molecule has 1 rings (SSSR count). The van der Waals surface area contributed by atoms with Crippen molar-refractivity contribution in [1.29, 1.82) is 0 Å². The fourth-order valence-corrected chi connectivity index (χ4v) is 2.85. The summed E-state index contributed by atoms with van der Waals surface area (Å²) >= 11 is 0. The van der Waals surface area contributed by atoms with Gasteiger partial charge in [0.25, 0.3) is 0 Å². The Morgan fingerprint density at radius 3 is 2.39 bits per heavy atom. The second-order valence-electron chi connectivity index (χ2n) is 6.14. The number of aliphatic hydroxyl groups is 1. The quantitative estimate of drug-likeness (QED) is 0.766. The molecule has 1 aliphatic carbocycles. The van der Waals surface area contributed by atoms with Crippen molar-refractivity contribution in [1.82, 2.24) is 5.32 Å². The molecular weight excluding hydrogens is 226 g/mol. The number of carbonyl (C=O) groups excluding carboxylic acids is 1. The van der Waals surface area contributed by atoms with E-state index in [9.17, 15) is 9.90 Å². The van der Waals surface area contributed by atoms with E-state index in [2.05, 4.69) is 26.1 Å². The molecule has 1 atom stereocenters. The maximum Gasteiger partial charge on any atom is 0.223 e. The summed E-state index contributed by atoms with van der Waals surface area (Å²) in [5.74, 6) is 0.569. The number of rotatable bonds is 6. The average Bonchev–Trinajstić information content (AvgIpc) is 2.34. The van der Waals surface area contributed by atoms with Crippen molar-refractivity contribution in [3.63, 3.8) is 0 Å². The van der Waals surface area contributed by atoms with Gasteiger partial charge in [-0.2, -0.15) is 0 Å². The monoisotopic (exact) mass is 255 g/mol. The second-order valence-corrected chi connectivity index (χ2v) is 6.14. The van der Waals surface area contributed by atoms with Crippen LogP contribution in [0.4, 0.5) is 0 Å². The molecule has 1 aliphatic rings. The number of hydrogen-bond acceptors (Lipinski definition) is 2. The maximum absolute atomic E-state index is 12.1. The van der Waals surface area contributed by atoms with Crippen molar-refractivity contribution >= 4 is 5.91 Å². The number of carbonyl (C=O) groups is 1. The van der Waals surface area contributed by atoms with E-state index in [1.807, 2.05) is 0 Å². The van der Waals surface area contributed by atoms with Crippen LogP contribution in [0.5, 0.6) is 0 Å². The van der Waals surface area contributed by atoms with Gasteiger partial charge in [0, 0.05) is 12.5 Å². The molecular formula is C15H29NO2. The van der Waals surface area contributed by atoms with Gasteiger partial charge in [-0.15, -0.1) is 0 Å². The van der Waals surface area contributed by atoms with E-state index in [-0.39, 0.29) is 11.8 Å². The van der Waals surface area contributed by atoms with E-state index >= 15 is 0 Å². The smallest absolute Gasteiger partial charge is 0.223 e. The highest BCUT2D eigenvalue weighted by atomic mass is 16.3. The minimum Gasteiger partial charge on any atom is -0.388 e. The standard InChI is InChI=1S/C15H29NO2/c1-4-8-13(12(2)3)14(17)16-11-15(18)9-6-5-7-10-15/h12-13,18H,4-11H2,1-3H3,(H,16,17). The fourth-order valence-electron chi connectivity index (χ4n) is 2.85. The van der Waals surface area contributed by atoms with Crippen LogP contribution >= 0.6 is 0 Å². The number of hydrogen-bond donors (Lipinski definition) is 2. The first-order chi connectivity index (χ1) is 8.48. The van der Waals surface area contributed by atoms with Crippen LogP contribution in [0, 0.1) is 11.8 Å². The van der Waals surface area contributed by atoms with Crippen LogP contribution in [-0.2, 0) is 4.79 Å². The SMILES string of the molecule is CCCC(C(=O)NCC1(O)CCCCC1)C(C)C. The van der Waals surface area contributed by atoms with Crippen molar-refractivity contribution in [2.75, 3.05) is 6.54 Å². The molecule has 106 valence electrons. The second kappa shape index (κ2) is 7.13. The van der Waals surface area contributed by atoms with E-state index in [1.165, 1.54) is 6.42 Å². The lowest BCUT2D eigenvalue weighted by Gasteiger charge is -2.33. The van der Waals surface area contributed by atoms with E-state index < -0.39 is 5.60 Å².